The SMILES string of the molecule is Nc1cc(N)cc(C(=O)OC2CCC(OC(=O)c3ccc(CF)cc3)CC2)c1. The number of nitrogens with two attached hydrogens (primary N) is 2. The van der Waals surface area contributed by atoms with Gasteiger partial charge in [-0.15, -0.1) is 0 Å². The van der Waals surface area contributed by atoms with E-state index in [2.05, 4.69) is 0 Å². The minimum absolute atomic E-state index is 0.230. The molecule has 1 aliphatic carbocycles. The summed E-state index contributed by atoms with van der Waals surface area (Å²) in [6.45, 7) is -0.569. The topological polar surface area (TPSA) is 105 Å². The van der Waals surface area contributed by atoms with E-state index in [1.807, 2.05) is 0 Å². The molecule has 3 rings (SSSR count). The summed E-state index contributed by atoms with van der Waals surface area (Å²) in [4.78, 5) is 24.5. The van der Waals surface area contributed by atoms with Crippen LogP contribution in [0.15, 0.2) is 42.5 Å². The third kappa shape index (κ3) is 5.00. The van der Waals surface area contributed by atoms with E-state index in [1.165, 1.54) is 12.1 Å². The molecule has 0 atom stereocenters. The number of carbonyl (C=O) groups is 2. The first-order chi connectivity index (χ1) is 13.4. The molecule has 0 aromatic heterocycles. The van der Waals surface area contributed by atoms with Gasteiger partial charge in [-0.3, -0.25) is 0 Å². The zero-order valence-electron chi connectivity index (χ0n) is 15.4. The highest BCUT2D eigenvalue weighted by Crippen LogP contribution is 2.26. The third-order valence-corrected chi connectivity index (χ3v) is 4.73. The fourth-order valence-electron chi connectivity index (χ4n) is 3.23. The molecule has 1 fully saturated rings. The molecule has 6 nitrogen and oxygen atoms in total. The number of halogens is 1. The number of ether oxygens (including phenoxy) is 2. The fraction of sp³-hybridized carbons (Fsp3) is 0.333. The molecule has 1 aliphatic rings. The second-order valence-electron chi connectivity index (χ2n) is 6.93. The molecule has 0 bridgehead atoms. The Kier molecular flexibility index (Phi) is 6.13. The number of carbonyl (C=O) groups excluding carboxylic acids is 2. The van der Waals surface area contributed by atoms with Crippen LogP contribution in [0.3, 0.4) is 0 Å². The maximum Gasteiger partial charge on any atom is 0.338 e. The van der Waals surface area contributed by atoms with Gasteiger partial charge in [0.15, 0.2) is 0 Å². The van der Waals surface area contributed by atoms with E-state index < -0.39 is 18.6 Å². The molecule has 148 valence electrons. The molecule has 2 aromatic carbocycles. The van der Waals surface area contributed by atoms with E-state index in [9.17, 15) is 14.0 Å². The van der Waals surface area contributed by atoms with Gasteiger partial charge in [-0.05, 0) is 61.6 Å². The second kappa shape index (κ2) is 8.73. The van der Waals surface area contributed by atoms with Crippen molar-refractivity contribution in [3.8, 4) is 0 Å². The lowest BCUT2D eigenvalue weighted by molar-refractivity contribution is -0.0108. The molecule has 1 saturated carbocycles. The maximum atomic E-state index is 12.5. The minimum Gasteiger partial charge on any atom is -0.459 e. The van der Waals surface area contributed by atoms with E-state index in [-0.39, 0.29) is 12.2 Å². The average molecular weight is 386 g/mol. The van der Waals surface area contributed by atoms with E-state index in [4.69, 9.17) is 20.9 Å². The van der Waals surface area contributed by atoms with Crippen molar-refractivity contribution < 1.29 is 23.5 Å². The molecular weight excluding hydrogens is 363 g/mol. The van der Waals surface area contributed by atoms with E-state index in [1.54, 1.807) is 30.3 Å². The molecule has 0 unspecified atom stereocenters. The summed E-state index contributed by atoms with van der Waals surface area (Å²) in [7, 11) is 0. The number of benzene rings is 2. The minimum atomic E-state index is -0.569. The van der Waals surface area contributed by atoms with Crippen molar-refractivity contribution >= 4 is 23.3 Å². The number of rotatable bonds is 5. The number of alkyl halides is 1. The van der Waals surface area contributed by atoms with Gasteiger partial charge in [0.2, 0.25) is 0 Å². The lowest BCUT2D eigenvalue weighted by Crippen LogP contribution is -2.29. The van der Waals surface area contributed by atoms with Crippen LogP contribution in [0.1, 0.15) is 52.0 Å². The summed E-state index contributed by atoms with van der Waals surface area (Å²) in [6, 6.07) is 10.9. The summed E-state index contributed by atoms with van der Waals surface area (Å²) < 4.78 is 23.6. The second-order valence-corrected chi connectivity index (χ2v) is 6.93. The average Bonchev–Trinajstić information content (AvgIpc) is 2.68. The molecule has 0 saturated heterocycles. The maximum absolute atomic E-state index is 12.5. The number of hydrogen-bond donors (Lipinski definition) is 2. The monoisotopic (exact) mass is 386 g/mol. The van der Waals surface area contributed by atoms with E-state index in [0.717, 1.165) is 0 Å². The first kappa shape index (κ1) is 19.7. The van der Waals surface area contributed by atoms with Gasteiger partial charge < -0.3 is 20.9 Å². The van der Waals surface area contributed by atoms with Crippen LogP contribution in [0, 0.1) is 0 Å². The Morgan fingerprint density at radius 1 is 0.821 bits per heavy atom. The zero-order valence-corrected chi connectivity index (χ0v) is 15.4. The molecule has 7 heteroatoms. The molecule has 4 N–H and O–H groups in total. The highest BCUT2D eigenvalue weighted by atomic mass is 19.1. The molecule has 0 heterocycles. The first-order valence-corrected chi connectivity index (χ1v) is 9.17. The number of nitrogen functional groups attached to an aromatic ring is 2. The van der Waals surface area contributed by atoms with Crippen LogP contribution in [0.5, 0.6) is 0 Å². The van der Waals surface area contributed by atoms with Gasteiger partial charge in [0, 0.05) is 11.4 Å². The summed E-state index contributed by atoms with van der Waals surface area (Å²) in [5.41, 5.74) is 13.4. The molecule has 0 spiro atoms. The lowest BCUT2D eigenvalue weighted by atomic mass is 9.94. The van der Waals surface area contributed by atoms with E-state index in [0.29, 0.717) is 53.7 Å². The Morgan fingerprint density at radius 3 is 1.75 bits per heavy atom. The van der Waals surface area contributed by atoms with Crippen LogP contribution >= 0.6 is 0 Å². The molecule has 28 heavy (non-hydrogen) atoms. The Hall–Kier alpha value is -3.09. The summed E-state index contributed by atoms with van der Waals surface area (Å²) >= 11 is 0. The molecule has 2 aromatic rings. The van der Waals surface area contributed by atoms with Crippen LogP contribution in [-0.4, -0.2) is 24.1 Å². The molecular formula is C21H23FN2O4. The van der Waals surface area contributed by atoms with Crippen LogP contribution in [0.2, 0.25) is 0 Å². The molecule has 0 aliphatic heterocycles. The fourth-order valence-corrected chi connectivity index (χ4v) is 3.23. The van der Waals surface area contributed by atoms with Crippen LogP contribution in [-0.2, 0) is 16.1 Å². The lowest BCUT2D eigenvalue weighted by Gasteiger charge is -2.28. The number of hydrogen-bond acceptors (Lipinski definition) is 6. The predicted octanol–water partition coefficient (Wildman–Crippen LogP) is 3.65. The highest BCUT2D eigenvalue weighted by molar-refractivity contribution is 5.92. The van der Waals surface area contributed by atoms with Gasteiger partial charge in [0.1, 0.15) is 18.9 Å². The van der Waals surface area contributed by atoms with Crippen molar-refractivity contribution in [1.82, 2.24) is 0 Å². The van der Waals surface area contributed by atoms with Gasteiger partial charge in [0.25, 0.3) is 0 Å². The van der Waals surface area contributed by atoms with Gasteiger partial charge in [0.05, 0.1) is 11.1 Å². The summed E-state index contributed by atoms with van der Waals surface area (Å²) in [5, 5.41) is 0. The van der Waals surface area contributed by atoms with Gasteiger partial charge in [-0.2, -0.15) is 0 Å². The van der Waals surface area contributed by atoms with Crippen molar-refractivity contribution in [2.24, 2.45) is 0 Å². The summed E-state index contributed by atoms with van der Waals surface area (Å²) in [5.74, 6) is -0.895. The van der Waals surface area contributed by atoms with Crippen LogP contribution in [0.25, 0.3) is 0 Å². The summed E-state index contributed by atoms with van der Waals surface area (Å²) in [6.07, 6.45) is 1.93. The Labute approximate surface area is 162 Å². The van der Waals surface area contributed by atoms with Crippen molar-refractivity contribution in [2.45, 2.75) is 44.6 Å². The van der Waals surface area contributed by atoms with Crippen molar-refractivity contribution in [3.05, 3.63) is 59.2 Å². The quantitative estimate of drug-likeness (QED) is 0.600. The van der Waals surface area contributed by atoms with Crippen molar-refractivity contribution in [3.63, 3.8) is 0 Å². The smallest absolute Gasteiger partial charge is 0.338 e. The predicted molar refractivity (Wildman–Crippen MR) is 103 cm³/mol. The largest absolute Gasteiger partial charge is 0.459 e. The normalized spacial score (nSPS) is 19.0. The Bertz CT molecular complexity index is 826. The van der Waals surface area contributed by atoms with Gasteiger partial charge in [-0.25, -0.2) is 14.0 Å². The Balaban J connectivity index is 1.48. The van der Waals surface area contributed by atoms with Gasteiger partial charge >= 0.3 is 11.9 Å². The van der Waals surface area contributed by atoms with Crippen LogP contribution < -0.4 is 11.5 Å². The molecule has 0 radical (unpaired) electrons. The number of anilines is 2. The third-order valence-electron chi connectivity index (χ3n) is 4.73. The highest BCUT2D eigenvalue weighted by Gasteiger charge is 2.27. The van der Waals surface area contributed by atoms with Crippen molar-refractivity contribution in [2.75, 3.05) is 11.5 Å². The number of esters is 2. The Morgan fingerprint density at radius 2 is 1.29 bits per heavy atom. The van der Waals surface area contributed by atoms with E-state index >= 15 is 0 Å². The standard InChI is InChI=1S/C21H23FN2O4/c22-12-13-1-3-14(4-2-13)20(25)27-18-5-7-19(8-6-18)28-21(26)15-9-16(23)11-17(24)10-15/h1-4,9-11,18-19H,5-8,12,23-24H2. The van der Waals surface area contributed by atoms with Crippen LogP contribution in [0.4, 0.5) is 15.8 Å². The molecule has 0 amide bonds. The zero-order chi connectivity index (χ0) is 20.1. The van der Waals surface area contributed by atoms with Crippen molar-refractivity contribution in [1.29, 1.82) is 0 Å². The first-order valence-electron chi connectivity index (χ1n) is 9.17. The van der Waals surface area contributed by atoms with Gasteiger partial charge in [-0.1, -0.05) is 12.1 Å².